The Morgan fingerprint density at radius 3 is 2.38 bits per heavy atom. The molecule has 0 spiro atoms. The Labute approximate surface area is 121 Å². The smallest absolute Gasteiger partial charge is 0.163 e. The van der Waals surface area contributed by atoms with Crippen LogP contribution in [0.25, 0.3) is 12.2 Å². The Morgan fingerprint density at radius 1 is 1.10 bits per heavy atom. The lowest BCUT2D eigenvalue weighted by Crippen LogP contribution is -2.01. The fourth-order valence-electron chi connectivity index (χ4n) is 1.60. The van der Waals surface area contributed by atoms with Gasteiger partial charge in [0, 0.05) is 12.4 Å². The largest absolute Gasteiger partial charge is 0.508 e. The Morgan fingerprint density at radius 2 is 1.76 bits per heavy atom. The second-order valence-corrected chi connectivity index (χ2v) is 4.34. The van der Waals surface area contributed by atoms with E-state index in [-0.39, 0.29) is 23.7 Å². The third-order valence-electron chi connectivity index (χ3n) is 2.65. The van der Waals surface area contributed by atoms with Crippen LogP contribution in [0.2, 0.25) is 0 Å². The summed E-state index contributed by atoms with van der Waals surface area (Å²) in [6, 6.07) is 6.41. The minimum absolute atomic E-state index is 0.164. The highest BCUT2D eigenvalue weighted by atomic mass is 16.3. The van der Waals surface area contributed by atoms with Crippen molar-refractivity contribution < 1.29 is 14.7 Å². The number of hydrogen-bond acceptors (Lipinski definition) is 4. The average Bonchev–Trinajstić information content (AvgIpc) is 2.98. The minimum atomic E-state index is -0.285. The first-order chi connectivity index (χ1) is 10.1. The molecule has 1 heterocycles. The van der Waals surface area contributed by atoms with Gasteiger partial charge in [-0.25, -0.2) is 4.98 Å². The van der Waals surface area contributed by atoms with E-state index in [9.17, 15) is 9.59 Å². The quantitative estimate of drug-likeness (QED) is 0.629. The van der Waals surface area contributed by atoms with E-state index in [0.29, 0.717) is 5.82 Å². The maximum absolute atomic E-state index is 11.6. The molecule has 0 aliphatic heterocycles. The average molecular weight is 282 g/mol. The summed E-state index contributed by atoms with van der Waals surface area (Å²) in [6.45, 7) is 0. The fraction of sp³-hybridized carbons (Fsp3) is 0.0625. The van der Waals surface area contributed by atoms with Gasteiger partial charge in [0.15, 0.2) is 11.6 Å². The van der Waals surface area contributed by atoms with Crippen LogP contribution in [0.3, 0.4) is 0 Å². The number of carbonyl (C=O) groups is 2. The third kappa shape index (κ3) is 4.91. The summed E-state index contributed by atoms with van der Waals surface area (Å²) in [5.74, 6) is 0.163. The molecular weight excluding hydrogens is 268 g/mol. The number of imidazole rings is 1. The molecule has 0 bridgehead atoms. The molecule has 5 heteroatoms. The molecule has 0 atom stereocenters. The Kier molecular flexibility index (Phi) is 4.82. The molecule has 2 aromatic rings. The van der Waals surface area contributed by atoms with Crippen LogP contribution < -0.4 is 0 Å². The van der Waals surface area contributed by atoms with Gasteiger partial charge in [-0.15, -0.1) is 0 Å². The molecule has 21 heavy (non-hydrogen) atoms. The number of benzene rings is 1. The summed E-state index contributed by atoms with van der Waals surface area (Å²) in [7, 11) is 0. The highest BCUT2D eigenvalue weighted by Crippen LogP contribution is 2.10. The molecule has 0 unspecified atom stereocenters. The number of phenols is 1. The first kappa shape index (κ1) is 14.5. The molecule has 0 saturated carbocycles. The predicted octanol–water partition coefficient (Wildman–Crippen LogP) is 2.37. The zero-order valence-electron chi connectivity index (χ0n) is 11.2. The van der Waals surface area contributed by atoms with Gasteiger partial charge in [0.05, 0.1) is 6.42 Å². The highest BCUT2D eigenvalue weighted by molar-refractivity contribution is 6.10. The van der Waals surface area contributed by atoms with Gasteiger partial charge < -0.3 is 10.1 Å². The van der Waals surface area contributed by atoms with Crippen LogP contribution in [0.5, 0.6) is 5.75 Å². The number of hydrogen-bond donors (Lipinski definition) is 2. The van der Waals surface area contributed by atoms with E-state index in [1.807, 2.05) is 0 Å². The van der Waals surface area contributed by atoms with Crippen molar-refractivity contribution in [2.45, 2.75) is 6.42 Å². The Hall–Kier alpha value is -2.95. The van der Waals surface area contributed by atoms with Crippen LogP contribution in [0, 0.1) is 0 Å². The van der Waals surface area contributed by atoms with Crippen LogP contribution in [-0.2, 0) is 9.59 Å². The van der Waals surface area contributed by atoms with E-state index in [2.05, 4.69) is 9.97 Å². The molecule has 5 nitrogen and oxygen atoms in total. The van der Waals surface area contributed by atoms with Gasteiger partial charge in [0.2, 0.25) is 0 Å². The molecule has 0 fully saturated rings. The van der Waals surface area contributed by atoms with Crippen molar-refractivity contribution in [3.05, 3.63) is 60.2 Å². The molecule has 2 rings (SSSR count). The lowest BCUT2D eigenvalue weighted by Gasteiger charge is -1.94. The second-order valence-electron chi connectivity index (χ2n) is 4.34. The van der Waals surface area contributed by atoms with E-state index in [4.69, 9.17) is 5.11 Å². The monoisotopic (exact) mass is 282 g/mol. The molecule has 0 aliphatic rings. The van der Waals surface area contributed by atoms with Gasteiger partial charge >= 0.3 is 0 Å². The Balaban J connectivity index is 1.86. The van der Waals surface area contributed by atoms with Gasteiger partial charge in [-0.1, -0.05) is 18.2 Å². The highest BCUT2D eigenvalue weighted by Gasteiger charge is 2.03. The zero-order valence-corrected chi connectivity index (χ0v) is 11.2. The zero-order chi connectivity index (χ0) is 15.1. The van der Waals surface area contributed by atoms with Gasteiger partial charge in [0.1, 0.15) is 11.6 Å². The second kappa shape index (κ2) is 7.00. The minimum Gasteiger partial charge on any atom is -0.508 e. The summed E-state index contributed by atoms with van der Waals surface area (Å²) in [5, 5.41) is 9.14. The normalized spacial score (nSPS) is 11.2. The van der Waals surface area contributed by atoms with E-state index in [1.54, 1.807) is 30.6 Å². The maximum atomic E-state index is 11.6. The van der Waals surface area contributed by atoms with Crippen molar-refractivity contribution in [2.24, 2.45) is 0 Å². The number of aromatic amines is 1. The molecule has 106 valence electrons. The first-order valence-electron chi connectivity index (χ1n) is 6.34. The standard InChI is InChI=1S/C16H14N2O3/c19-13-4-1-12(2-5-13)3-6-14(20)11-15(21)7-8-16-17-9-10-18-16/h1-10,19H,11H2,(H,17,18). The number of aromatic hydroxyl groups is 1. The number of carbonyl (C=O) groups excluding carboxylic acids is 2. The number of phenolic OH excluding ortho intramolecular Hbond substituents is 1. The number of H-pyrrole nitrogens is 1. The van der Waals surface area contributed by atoms with E-state index in [1.165, 1.54) is 30.4 Å². The summed E-state index contributed by atoms with van der Waals surface area (Å²) in [6.07, 6.45) is 8.85. The van der Waals surface area contributed by atoms with Crippen molar-refractivity contribution in [1.82, 2.24) is 9.97 Å². The lowest BCUT2D eigenvalue weighted by atomic mass is 10.1. The third-order valence-corrected chi connectivity index (χ3v) is 2.65. The number of nitrogens with one attached hydrogen (secondary N) is 1. The van der Waals surface area contributed by atoms with Crippen LogP contribution in [0.15, 0.2) is 48.8 Å². The maximum Gasteiger partial charge on any atom is 0.163 e. The molecule has 0 radical (unpaired) electrons. The molecule has 0 aliphatic carbocycles. The van der Waals surface area contributed by atoms with Gasteiger partial charge in [-0.3, -0.25) is 9.59 Å². The molecular formula is C16H14N2O3. The van der Waals surface area contributed by atoms with E-state index >= 15 is 0 Å². The summed E-state index contributed by atoms with van der Waals surface area (Å²) < 4.78 is 0. The number of rotatable bonds is 6. The fourth-order valence-corrected chi connectivity index (χ4v) is 1.60. The van der Waals surface area contributed by atoms with Crippen LogP contribution in [0.1, 0.15) is 17.8 Å². The van der Waals surface area contributed by atoms with E-state index < -0.39 is 0 Å². The SMILES string of the molecule is O=C(C=Cc1ccc(O)cc1)CC(=O)C=Cc1ncc[nH]1. The van der Waals surface area contributed by atoms with Crippen molar-refractivity contribution in [2.75, 3.05) is 0 Å². The molecule has 2 N–H and O–H groups in total. The predicted molar refractivity (Wildman–Crippen MR) is 79.4 cm³/mol. The topological polar surface area (TPSA) is 83.0 Å². The van der Waals surface area contributed by atoms with Crippen LogP contribution >= 0.6 is 0 Å². The number of ketones is 2. The van der Waals surface area contributed by atoms with Crippen LogP contribution in [0.4, 0.5) is 0 Å². The van der Waals surface area contributed by atoms with Gasteiger partial charge in [-0.05, 0) is 35.9 Å². The number of allylic oxidation sites excluding steroid dienone is 2. The van der Waals surface area contributed by atoms with Crippen LogP contribution in [-0.4, -0.2) is 26.6 Å². The summed E-state index contributed by atoms with van der Waals surface area (Å²) >= 11 is 0. The van der Waals surface area contributed by atoms with Crippen molar-refractivity contribution >= 4 is 23.7 Å². The molecule has 0 saturated heterocycles. The summed E-state index contributed by atoms with van der Waals surface area (Å²) in [4.78, 5) is 30.0. The van der Waals surface area contributed by atoms with Crippen molar-refractivity contribution in [1.29, 1.82) is 0 Å². The van der Waals surface area contributed by atoms with Gasteiger partial charge in [-0.2, -0.15) is 0 Å². The lowest BCUT2D eigenvalue weighted by molar-refractivity contribution is -0.121. The van der Waals surface area contributed by atoms with Crippen molar-refractivity contribution in [3.63, 3.8) is 0 Å². The number of nitrogens with zero attached hydrogens (tertiary/aromatic N) is 1. The summed E-state index contributed by atoms with van der Waals surface area (Å²) in [5.41, 5.74) is 0.778. The Bertz CT molecular complexity index is 668. The van der Waals surface area contributed by atoms with E-state index in [0.717, 1.165) is 5.56 Å². The number of aromatic nitrogens is 2. The molecule has 0 amide bonds. The van der Waals surface area contributed by atoms with Gasteiger partial charge in [0.25, 0.3) is 0 Å². The molecule has 1 aromatic heterocycles. The first-order valence-corrected chi connectivity index (χ1v) is 6.34. The molecule has 1 aromatic carbocycles. The van der Waals surface area contributed by atoms with Crippen molar-refractivity contribution in [3.8, 4) is 5.75 Å².